The molecule has 1 amide bonds. The third-order valence-corrected chi connectivity index (χ3v) is 2.99. The molecule has 6 heteroatoms. The Kier molecular flexibility index (Phi) is 5.46. The number of carboxylic acid groups (broad SMARTS) is 1. The van der Waals surface area contributed by atoms with Crippen LogP contribution < -0.4 is 10.2 Å². The van der Waals surface area contributed by atoms with Gasteiger partial charge in [0.1, 0.15) is 5.75 Å². The summed E-state index contributed by atoms with van der Waals surface area (Å²) >= 11 is 0. The van der Waals surface area contributed by atoms with Crippen LogP contribution in [-0.2, 0) is 4.79 Å². The number of aliphatic carboxylic acids is 1. The molecule has 0 spiro atoms. The second-order valence-corrected chi connectivity index (χ2v) is 4.77. The van der Waals surface area contributed by atoms with Gasteiger partial charge in [-0.25, -0.2) is 10.2 Å². The summed E-state index contributed by atoms with van der Waals surface area (Å²) in [6.45, 7) is 1.44. The number of nitrogens with one attached hydrogen (secondary N) is 1. The van der Waals surface area contributed by atoms with E-state index in [2.05, 4.69) is 10.5 Å². The van der Waals surface area contributed by atoms with Gasteiger partial charge in [0.25, 0.3) is 5.91 Å². The Balaban J connectivity index is 1.98. The Morgan fingerprint density at radius 3 is 2.74 bits per heavy atom. The van der Waals surface area contributed by atoms with Gasteiger partial charge in [0.05, 0.1) is 6.21 Å². The lowest BCUT2D eigenvalue weighted by Crippen LogP contribution is -2.18. The van der Waals surface area contributed by atoms with Gasteiger partial charge in [-0.05, 0) is 36.2 Å². The topological polar surface area (TPSA) is 88.0 Å². The van der Waals surface area contributed by atoms with Crippen LogP contribution in [0.15, 0.2) is 53.6 Å². The van der Waals surface area contributed by atoms with E-state index in [9.17, 15) is 9.59 Å². The Bertz CT molecular complexity index is 741. The highest BCUT2D eigenvalue weighted by Crippen LogP contribution is 2.12. The van der Waals surface area contributed by atoms with Gasteiger partial charge in [-0.3, -0.25) is 4.79 Å². The zero-order valence-electron chi connectivity index (χ0n) is 12.5. The molecule has 2 rings (SSSR count). The zero-order valence-corrected chi connectivity index (χ0v) is 12.5. The summed E-state index contributed by atoms with van der Waals surface area (Å²) in [4.78, 5) is 22.5. The molecule has 0 saturated carbocycles. The molecule has 0 atom stereocenters. The third-order valence-electron chi connectivity index (χ3n) is 2.99. The van der Waals surface area contributed by atoms with Crippen molar-refractivity contribution >= 4 is 18.1 Å². The van der Waals surface area contributed by atoms with Gasteiger partial charge < -0.3 is 9.84 Å². The summed E-state index contributed by atoms with van der Waals surface area (Å²) < 4.78 is 5.07. The van der Waals surface area contributed by atoms with Crippen LogP contribution in [0.1, 0.15) is 21.5 Å². The molecular weight excluding hydrogens is 296 g/mol. The number of hydrogen-bond acceptors (Lipinski definition) is 4. The lowest BCUT2D eigenvalue weighted by molar-refractivity contribution is -0.139. The fourth-order valence-electron chi connectivity index (χ4n) is 1.88. The Morgan fingerprint density at radius 2 is 2.00 bits per heavy atom. The largest absolute Gasteiger partial charge is 0.482 e. The molecule has 0 radical (unpaired) electrons. The van der Waals surface area contributed by atoms with E-state index in [1.807, 2.05) is 19.1 Å². The summed E-state index contributed by atoms with van der Waals surface area (Å²) in [7, 11) is 0. The molecule has 118 valence electrons. The summed E-state index contributed by atoms with van der Waals surface area (Å²) in [5, 5.41) is 12.5. The minimum Gasteiger partial charge on any atom is -0.482 e. The van der Waals surface area contributed by atoms with Crippen LogP contribution in [0.25, 0.3) is 0 Å². The Morgan fingerprint density at radius 1 is 1.22 bits per heavy atom. The molecule has 0 aliphatic heterocycles. The molecular formula is C17H16N2O4. The van der Waals surface area contributed by atoms with Crippen molar-refractivity contribution in [3.63, 3.8) is 0 Å². The van der Waals surface area contributed by atoms with Crippen molar-refractivity contribution in [2.75, 3.05) is 6.61 Å². The minimum atomic E-state index is -1.05. The molecule has 0 fully saturated rings. The maximum atomic E-state index is 12.0. The van der Waals surface area contributed by atoms with Crippen LogP contribution in [0, 0.1) is 6.92 Å². The molecule has 0 heterocycles. The van der Waals surface area contributed by atoms with E-state index in [4.69, 9.17) is 9.84 Å². The average Bonchev–Trinajstić information content (AvgIpc) is 2.53. The molecule has 2 N–H and O–H groups in total. The van der Waals surface area contributed by atoms with Crippen molar-refractivity contribution in [2.24, 2.45) is 5.10 Å². The second-order valence-electron chi connectivity index (χ2n) is 4.77. The minimum absolute atomic E-state index is 0.294. The zero-order chi connectivity index (χ0) is 16.7. The first-order valence-corrected chi connectivity index (χ1v) is 6.90. The van der Waals surface area contributed by atoms with E-state index in [1.165, 1.54) is 6.21 Å². The highest BCUT2D eigenvalue weighted by Gasteiger charge is 2.06. The van der Waals surface area contributed by atoms with Gasteiger partial charge in [-0.1, -0.05) is 30.3 Å². The van der Waals surface area contributed by atoms with Crippen molar-refractivity contribution in [1.29, 1.82) is 0 Å². The molecule has 0 aromatic heterocycles. The number of aryl methyl sites for hydroxylation is 1. The first-order valence-electron chi connectivity index (χ1n) is 6.90. The number of rotatable bonds is 6. The number of nitrogens with zero attached hydrogens (tertiary/aromatic N) is 1. The maximum absolute atomic E-state index is 12.0. The highest BCUT2D eigenvalue weighted by atomic mass is 16.5. The van der Waals surface area contributed by atoms with Gasteiger partial charge in [-0.15, -0.1) is 0 Å². The van der Waals surface area contributed by atoms with Crippen molar-refractivity contribution < 1.29 is 19.4 Å². The van der Waals surface area contributed by atoms with Crippen LogP contribution in [0.2, 0.25) is 0 Å². The summed E-state index contributed by atoms with van der Waals surface area (Å²) in [5.41, 5.74) is 4.56. The second kappa shape index (κ2) is 7.74. The molecule has 0 aliphatic carbocycles. The van der Waals surface area contributed by atoms with Gasteiger partial charge in [0.2, 0.25) is 0 Å². The van der Waals surface area contributed by atoms with E-state index in [1.54, 1.807) is 36.4 Å². The molecule has 0 saturated heterocycles. The van der Waals surface area contributed by atoms with Crippen LogP contribution >= 0.6 is 0 Å². The number of hydrogen-bond donors (Lipinski definition) is 2. The molecule has 2 aromatic carbocycles. The van der Waals surface area contributed by atoms with Gasteiger partial charge in [-0.2, -0.15) is 5.10 Å². The van der Waals surface area contributed by atoms with Crippen molar-refractivity contribution in [3.8, 4) is 5.75 Å². The average molecular weight is 312 g/mol. The molecule has 0 unspecified atom stereocenters. The Labute approximate surface area is 133 Å². The molecule has 0 aliphatic rings. The standard InChI is InChI=1S/C17H16N2O4/c1-12-5-2-3-8-15(12)17(22)19-18-10-13-6-4-7-14(9-13)23-11-16(20)21/h2-10H,11H2,1H3,(H,19,22)(H,20,21)/b18-10-. The van der Waals surface area contributed by atoms with Crippen molar-refractivity contribution in [2.45, 2.75) is 6.92 Å². The number of ether oxygens (including phenoxy) is 1. The van der Waals surface area contributed by atoms with Gasteiger partial charge >= 0.3 is 5.97 Å². The number of carboxylic acids is 1. The van der Waals surface area contributed by atoms with Crippen molar-refractivity contribution in [1.82, 2.24) is 5.43 Å². The fraction of sp³-hybridized carbons (Fsp3) is 0.118. The maximum Gasteiger partial charge on any atom is 0.341 e. The summed E-state index contributed by atoms with van der Waals surface area (Å²) in [5.74, 6) is -0.922. The van der Waals surface area contributed by atoms with Gasteiger partial charge in [0, 0.05) is 5.56 Å². The van der Waals surface area contributed by atoms with E-state index >= 15 is 0 Å². The van der Waals surface area contributed by atoms with Crippen LogP contribution in [0.4, 0.5) is 0 Å². The number of carbonyl (C=O) groups is 2. The van der Waals surface area contributed by atoms with Crippen molar-refractivity contribution in [3.05, 3.63) is 65.2 Å². The molecule has 6 nitrogen and oxygen atoms in total. The highest BCUT2D eigenvalue weighted by molar-refractivity contribution is 5.96. The number of benzene rings is 2. The quantitative estimate of drug-likeness (QED) is 0.632. The van der Waals surface area contributed by atoms with E-state index in [-0.39, 0.29) is 5.91 Å². The third kappa shape index (κ3) is 4.96. The molecule has 0 bridgehead atoms. The van der Waals surface area contributed by atoms with E-state index in [0.717, 1.165) is 5.56 Å². The predicted molar refractivity (Wildman–Crippen MR) is 85.8 cm³/mol. The molecule has 23 heavy (non-hydrogen) atoms. The molecule has 2 aromatic rings. The smallest absolute Gasteiger partial charge is 0.341 e. The fourth-order valence-corrected chi connectivity index (χ4v) is 1.88. The van der Waals surface area contributed by atoms with Crippen LogP contribution in [0.5, 0.6) is 5.75 Å². The SMILES string of the molecule is Cc1ccccc1C(=O)N/N=C\c1cccc(OCC(=O)O)c1. The normalized spacial score (nSPS) is 10.5. The number of amides is 1. The van der Waals surface area contributed by atoms with Crippen LogP contribution in [-0.4, -0.2) is 29.8 Å². The monoisotopic (exact) mass is 312 g/mol. The lowest BCUT2D eigenvalue weighted by Gasteiger charge is -2.04. The lowest BCUT2D eigenvalue weighted by atomic mass is 10.1. The van der Waals surface area contributed by atoms with E-state index in [0.29, 0.717) is 16.9 Å². The number of hydrazone groups is 1. The van der Waals surface area contributed by atoms with Gasteiger partial charge in [0.15, 0.2) is 6.61 Å². The Hall–Kier alpha value is -3.15. The first kappa shape index (κ1) is 16.2. The summed E-state index contributed by atoms with van der Waals surface area (Å²) in [6.07, 6.45) is 1.46. The first-order chi connectivity index (χ1) is 11.1. The van der Waals surface area contributed by atoms with Crippen LogP contribution in [0.3, 0.4) is 0 Å². The number of carbonyl (C=O) groups excluding carboxylic acids is 1. The van der Waals surface area contributed by atoms with E-state index < -0.39 is 12.6 Å². The predicted octanol–water partition coefficient (Wildman–Crippen LogP) is 2.22. The summed E-state index contributed by atoms with van der Waals surface area (Å²) in [6, 6.07) is 14.0.